The van der Waals surface area contributed by atoms with E-state index in [1.54, 1.807) is 0 Å². The van der Waals surface area contributed by atoms with E-state index in [9.17, 15) is 4.79 Å². The molecule has 0 spiro atoms. The van der Waals surface area contributed by atoms with Crippen LogP contribution in [0.2, 0.25) is 0 Å². The molecule has 1 aliphatic heterocycles. The number of amides is 1. The van der Waals surface area contributed by atoms with Gasteiger partial charge in [0.15, 0.2) is 0 Å². The fraction of sp³-hybridized carbons (Fsp3) is 0.714. The highest BCUT2D eigenvalue weighted by atomic mass is 16.2. The molecule has 5 heteroatoms. The Kier molecular flexibility index (Phi) is 4.24. The van der Waals surface area contributed by atoms with Crippen molar-refractivity contribution >= 4 is 5.91 Å². The highest BCUT2D eigenvalue weighted by molar-refractivity contribution is 5.76. The third-order valence-electron chi connectivity index (χ3n) is 3.39. The maximum absolute atomic E-state index is 12.3. The number of hydrogen-bond donors (Lipinski definition) is 0. The summed E-state index contributed by atoms with van der Waals surface area (Å²) in [6, 6.07) is 2.27. The van der Waals surface area contributed by atoms with Crippen LogP contribution in [0.5, 0.6) is 0 Å². The fourth-order valence-corrected chi connectivity index (χ4v) is 2.61. The van der Waals surface area contributed by atoms with E-state index in [0.29, 0.717) is 18.9 Å². The van der Waals surface area contributed by atoms with E-state index in [2.05, 4.69) is 42.6 Å². The Labute approximate surface area is 115 Å². The monoisotopic (exact) mass is 264 g/mol. The van der Waals surface area contributed by atoms with E-state index < -0.39 is 0 Å². The van der Waals surface area contributed by atoms with Gasteiger partial charge in [0.25, 0.3) is 0 Å². The molecule has 0 unspecified atom stereocenters. The molecule has 0 saturated heterocycles. The van der Waals surface area contributed by atoms with Crippen LogP contribution in [0.15, 0.2) is 12.3 Å². The molecule has 2 rings (SSSR count). The van der Waals surface area contributed by atoms with Crippen molar-refractivity contribution in [2.75, 3.05) is 27.2 Å². The first-order valence-corrected chi connectivity index (χ1v) is 6.92. The van der Waals surface area contributed by atoms with E-state index in [-0.39, 0.29) is 11.9 Å². The van der Waals surface area contributed by atoms with E-state index in [0.717, 1.165) is 18.8 Å². The zero-order chi connectivity index (χ0) is 14.0. The molecule has 1 aliphatic rings. The van der Waals surface area contributed by atoms with Crippen molar-refractivity contribution < 1.29 is 4.79 Å². The van der Waals surface area contributed by atoms with E-state index in [1.807, 2.05) is 17.2 Å². The molecular formula is C14H24N4O. The van der Waals surface area contributed by atoms with Crippen LogP contribution in [0.4, 0.5) is 0 Å². The number of hydrogen-bond acceptors (Lipinski definition) is 3. The molecule has 2 heterocycles. The van der Waals surface area contributed by atoms with Gasteiger partial charge in [-0.25, -0.2) is 0 Å². The lowest BCUT2D eigenvalue weighted by Crippen LogP contribution is -2.44. The molecule has 1 aromatic rings. The minimum Gasteiger partial charge on any atom is -0.335 e. The maximum atomic E-state index is 12.3. The summed E-state index contributed by atoms with van der Waals surface area (Å²) >= 11 is 0. The SMILES string of the molecule is CC(C)CC(=O)N1Cc2ccnn2[C@@H](CN(C)C)C1. The molecule has 0 radical (unpaired) electrons. The lowest BCUT2D eigenvalue weighted by molar-refractivity contribution is -0.134. The van der Waals surface area contributed by atoms with Crippen LogP contribution in [0, 0.1) is 5.92 Å². The standard InChI is InChI=1S/C14H24N4O/c1-11(2)7-14(19)17-9-12-5-6-15-18(12)13(10-17)8-16(3)4/h5-6,11,13H,7-10H2,1-4H3/t13-/m0/s1. The maximum Gasteiger partial charge on any atom is 0.223 e. The molecule has 19 heavy (non-hydrogen) atoms. The molecule has 1 amide bonds. The van der Waals surface area contributed by atoms with Crippen molar-refractivity contribution in [1.82, 2.24) is 19.6 Å². The van der Waals surface area contributed by atoms with Gasteiger partial charge in [0.1, 0.15) is 0 Å². The van der Waals surface area contributed by atoms with Gasteiger partial charge < -0.3 is 9.80 Å². The van der Waals surface area contributed by atoms with Crippen LogP contribution >= 0.6 is 0 Å². The van der Waals surface area contributed by atoms with Crippen molar-refractivity contribution in [3.05, 3.63) is 18.0 Å². The molecule has 5 nitrogen and oxygen atoms in total. The second-order valence-electron chi connectivity index (χ2n) is 6.06. The molecule has 0 fully saturated rings. The van der Waals surface area contributed by atoms with Gasteiger partial charge in [-0.05, 0) is 26.1 Å². The number of rotatable bonds is 4. The summed E-state index contributed by atoms with van der Waals surface area (Å²) < 4.78 is 2.07. The Morgan fingerprint density at radius 1 is 1.53 bits per heavy atom. The first kappa shape index (κ1) is 14.1. The minimum absolute atomic E-state index is 0.255. The Hall–Kier alpha value is -1.36. The molecule has 106 valence electrons. The highest BCUT2D eigenvalue weighted by Crippen LogP contribution is 2.22. The number of carbonyl (C=O) groups is 1. The van der Waals surface area contributed by atoms with Gasteiger partial charge in [0, 0.05) is 25.7 Å². The normalized spacial score (nSPS) is 19.1. The van der Waals surface area contributed by atoms with Gasteiger partial charge in [0.2, 0.25) is 5.91 Å². The first-order valence-electron chi connectivity index (χ1n) is 6.92. The van der Waals surface area contributed by atoms with Gasteiger partial charge >= 0.3 is 0 Å². The number of nitrogens with zero attached hydrogens (tertiary/aromatic N) is 4. The average Bonchev–Trinajstić information content (AvgIpc) is 2.75. The molecule has 0 aliphatic carbocycles. The van der Waals surface area contributed by atoms with Crippen molar-refractivity contribution in [2.45, 2.75) is 32.9 Å². The predicted octanol–water partition coefficient (Wildman–Crippen LogP) is 1.37. The van der Waals surface area contributed by atoms with Crippen molar-refractivity contribution in [1.29, 1.82) is 0 Å². The zero-order valence-electron chi connectivity index (χ0n) is 12.3. The van der Waals surface area contributed by atoms with Crippen LogP contribution in [0.25, 0.3) is 0 Å². The Morgan fingerprint density at radius 3 is 2.89 bits per heavy atom. The number of carbonyl (C=O) groups excluding carboxylic acids is 1. The summed E-state index contributed by atoms with van der Waals surface area (Å²) in [4.78, 5) is 16.4. The molecule has 0 bridgehead atoms. The quantitative estimate of drug-likeness (QED) is 0.825. The third-order valence-corrected chi connectivity index (χ3v) is 3.39. The van der Waals surface area contributed by atoms with Crippen molar-refractivity contribution in [3.8, 4) is 0 Å². The summed E-state index contributed by atoms with van der Waals surface area (Å²) in [5.41, 5.74) is 1.13. The summed E-state index contributed by atoms with van der Waals surface area (Å²) in [6.45, 7) is 6.53. The van der Waals surface area contributed by atoms with Crippen LogP contribution in [0.3, 0.4) is 0 Å². The van der Waals surface area contributed by atoms with E-state index >= 15 is 0 Å². The molecule has 0 saturated carbocycles. The average molecular weight is 264 g/mol. The second-order valence-corrected chi connectivity index (χ2v) is 6.06. The van der Waals surface area contributed by atoms with Gasteiger partial charge in [-0.2, -0.15) is 5.10 Å². The molecule has 0 N–H and O–H groups in total. The largest absolute Gasteiger partial charge is 0.335 e. The molecule has 1 aromatic heterocycles. The van der Waals surface area contributed by atoms with Crippen molar-refractivity contribution in [2.24, 2.45) is 5.92 Å². The molecule has 0 aromatic carbocycles. The van der Waals surface area contributed by atoms with Crippen LogP contribution in [0.1, 0.15) is 32.0 Å². The topological polar surface area (TPSA) is 41.4 Å². The Morgan fingerprint density at radius 2 is 2.26 bits per heavy atom. The Bertz CT molecular complexity index is 438. The van der Waals surface area contributed by atoms with Crippen LogP contribution in [-0.4, -0.2) is 52.7 Å². The summed E-state index contributed by atoms with van der Waals surface area (Å²) in [5, 5.41) is 4.40. The fourth-order valence-electron chi connectivity index (χ4n) is 2.61. The zero-order valence-corrected chi connectivity index (χ0v) is 12.3. The predicted molar refractivity (Wildman–Crippen MR) is 74.7 cm³/mol. The highest BCUT2D eigenvalue weighted by Gasteiger charge is 2.28. The van der Waals surface area contributed by atoms with E-state index in [4.69, 9.17) is 0 Å². The summed E-state index contributed by atoms with van der Waals surface area (Å²) in [7, 11) is 4.11. The summed E-state index contributed by atoms with van der Waals surface area (Å²) in [5.74, 6) is 0.665. The van der Waals surface area contributed by atoms with Crippen molar-refractivity contribution in [3.63, 3.8) is 0 Å². The minimum atomic E-state index is 0.255. The molecule has 1 atom stereocenters. The van der Waals surface area contributed by atoms with Gasteiger partial charge in [-0.3, -0.25) is 9.48 Å². The second kappa shape index (κ2) is 5.74. The number of aromatic nitrogens is 2. The smallest absolute Gasteiger partial charge is 0.223 e. The van der Waals surface area contributed by atoms with Crippen LogP contribution < -0.4 is 0 Å². The number of fused-ring (bicyclic) bond motifs is 1. The van der Waals surface area contributed by atoms with Gasteiger partial charge in [0.05, 0.1) is 18.3 Å². The van der Waals surface area contributed by atoms with Gasteiger partial charge in [-0.15, -0.1) is 0 Å². The van der Waals surface area contributed by atoms with E-state index in [1.165, 1.54) is 0 Å². The Balaban J connectivity index is 2.13. The number of likely N-dealkylation sites (N-methyl/N-ethyl adjacent to an activating group) is 1. The third kappa shape index (κ3) is 3.35. The first-order chi connectivity index (χ1) is 8.97. The van der Waals surface area contributed by atoms with Gasteiger partial charge in [-0.1, -0.05) is 13.8 Å². The lowest BCUT2D eigenvalue weighted by Gasteiger charge is -2.35. The summed E-state index contributed by atoms with van der Waals surface area (Å²) in [6.07, 6.45) is 2.46. The van der Waals surface area contributed by atoms with Crippen LogP contribution in [-0.2, 0) is 11.3 Å². The molecular weight excluding hydrogens is 240 g/mol. The lowest BCUT2D eigenvalue weighted by atomic mass is 10.1.